The molecular formula is C27H33FN4O4. The minimum atomic E-state index is -0.353. The summed E-state index contributed by atoms with van der Waals surface area (Å²) < 4.78 is 18.9. The largest absolute Gasteiger partial charge is 0.378 e. The van der Waals surface area contributed by atoms with Gasteiger partial charge in [0.25, 0.3) is 5.91 Å². The van der Waals surface area contributed by atoms with Crippen LogP contribution in [0.5, 0.6) is 0 Å². The molecule has 9 heteroatoms. The van der Waals surface area contributed by atoms with Crippen molar-refractivity contribution in [3.63, 3.8) is 0 Å². The first-order valence-corrected chi connectivity index (χ1v) is 12.8. The van der Waals surface area contributed by atoms with E-state index in [1.807, 2.05) is 18.7 Å². The van der Waals surface area contributed by atoms with Crippen LogP contribution in [0.25, 0.3) is 0 Å². The van der Waals surface area contributed by atoms with Crippen molar-refractivity contribution in [2.75, 3.05) is 31.2 Å². The molecule has 0 radical (unpaired) electrons. The van der Waals surface area contributed by atoms with Gasteiger partial charge in [-0.3, -0.25) is 14.4 Å². The average molecular weight is 497 g/mol. The van der Waals surface area contributed by atoms with Crippen molar-refractivity contribution in [1.82, 2.24) is 15.2 Å². The molecular weight excluding hydrogens is 463 g/mol. The number of aryl methyl sites for hydroxylation is 1. The second kappa shape index (κ2) is 10.0. The summed E-state index contributed by atoms with van der Waals surface area (Å²) in [6.07, 6.45) is 3.27. The standard InChI is InChI=1S/C27H33FN4O4/c1-16-22(15-32-23-8-5-20(28)13-19(23)14-24(32)33)29-17(2)25(16)26(34)30-21-6-3-18(4-7-21)27(35)31-9-11-36-12-10-31/h5,8,13,18,21,29H,3-4,6-7,9-12,14-15H2,1-2H3,(H,30,34). The normalized spacial score (nSPS) is 22.0. The molecule has 3 heterocycles. The lowest BCUT2D eigenvalue weighted by Crippen LogP contribution is -2.46. The fourth-order valence-corrected chi connectivity index (χ4v) is 5.78. The monoisotopic (exact) mass is 496 g/mol. The molecule has 1 aromatic carbocycles. The fraction of sp³-hybridized carbons (Fsp3) is 0.519. The van der Waals surface area contributed by atoms with Crippen molar-refractivity contribution in [2.24, 2.45) is 5.92 Å². The number of amides is 3. The predicted octanol–water partition coefficient (Wildman–Crippen LogP) is 3.01. The smallest absolute Gasteiger partial charge is 0.253 e. The highest BCUT2D eigenvalue weighted by molar-refractivity contribution is 6.01. The molecule has 8 nitrogen and oxygen atoms in total. The third kappa shape index (κ3) is 4.76. The number of carbonyl (C=O) groups excluding carboxylic acids is 3. The molecule has 1 aliphatic carbocycles. The molecule has 0 unspecified atom stereocenters. The average Bonchev–Trinajstić information content (AvgIpc) is 3.33. The van der Waals surface area contributed by atoms with Crippen molar-refractivity contribution in [1.29, 1.82) is 0 Å². The molecule has 1 saturated carbocycles. The minimum absolute atomic E-state index is 0.0212. The van der Waals surface area contributed by atoms with E-state index in [1.165, 1.54) is 12.1 Å². The molecule has 1 aromatic heterocycles. The van der Waals surface area contributed by atoms with Crippen molar-refractivity contribution < 1.29 is 23.5 Å². The summed E-state index contributed by atoms with van der Waals surface area (Å²) >= 11 is 0. The topological polar surface area (TPSA) is 94.7 Å². The van der Waals surface area contributed by atoms with Gasteiger partial charge >= 0.3 is 0 Å². The van der Waals surface area contributed by atoms with Gasteiger partial charge in [0.2, 0.25) is 11.8 Å². The van der Waals surface area contributed by atoms with Gasteiger partial charge in [-0.15, -0.1) is 0 Å². The number of halogens is 1. The second-order valence-electron chi connectivity index (χ2n) is 10.1. The maximum atomic E-state index is 13.6. The first kappa shape index (κ1) is 24.5. The van der Waals surface area contributed by atoms with Gasteiger partial charge in [0.1, 0.15) is 5.82 Å². The van der Waals surface area contributed by atoms with Crippen LogP contribution >= 0.6 is 0 Å². The Morgan fingerprint density at radius 1 is 1.14 bits per heavy atom. The lowest BCUT2D eigenvalue weighted by Gasteiger charge is -2.34. The van der Waals surface area contributed by atoms with Gasteiger partial charge < -0.3 is 24.8 Å². The van der Waals surface area contributed by atoms with Crippen molar-refractivity contribution in [3.8, 4) is 0 Å². The molecule has 2 N–H and O–H groups in total. The van der Waals surface area contributed by atoms with E-state index in [1.54, 1.807) is 11.0 Å². The number of anilines is 1. The van der Waals surface area contributed by atoms with Crippen LogP contribution in [0.15, 0.2) is 18.2 Å². The first-order chi connectivity index (χ1) is 17.3. The Hall–Kier alpha value is -3.20. The third-order valence-corrected chi connectivity index (χ3v) is 7.79. The van der Waals surface area contributed by atoms with Crippen molar-refractivity contribution in [2.45, 2.75) is 58.5 Å². The summed E-state index contributed by atoms with van der Waals surface area (Å²) in [4.78, 5) is 45.4. The van der Waals surface area contributed by atoms with Crippen LogP contribution in [-0.4, -0.2) is 60.0 Å². The van der Waals surface area contributed by atoms with Crippen molar-refractivity contribution in [3.05, 3.63) is 52.1 Å². The number of aromatic nitrogens is 1. The zero-order valence-corrected chi connectivity index (χ0v) is 20.9. The van der Waals surface area contributed by atoms with Crippen LogP contribution in [0.2, 0.25) is 0 Å². The Labute approximate surface area is 210 Å². The highest BCUT2D eigenvalue weighted by Crippen LogP contribution is 2.32. The molecule has 2 fully saturated rings. The van der Waals surface area contributed by atoms with E-state index in [2.05, 4.69) is 10.3 Å². The molecule has 3 aliphatic rings. The molecule has 0 spiro atoms. The third-order valence-electron chi connectivity index (χ3n) is 7.79. The summed E-state index contributed by atoms with van der Waals surface area (Å²) in [5, 5.41) is 3.17. The molecule has 2 aromatic rings. The van der Waals surface area contributed by atoms with E-state index >= 15 is 0 Å². The number of ether oxygens (including phenoxy) is 1. The van der Waals surface area contributed by atoms with Gasteiger partial charge in [-0.2, -0.15) is 0 Å². The molecule has 1 saturated heterocycles. The number of hydrogen-bond donors (Lipinski definition) is 2. The SMILES string of the molecule is Cc1[nH]c(CN2C(=O)Cc3cc(F)ccc32)c(C)c1C(=O)NC1CCC(C(=O)N2CCOCC2)CC1. The van der Waals surface area contributed by atoms with E-state index in [0.717, 1.165) is 42.6 Å². The lowest BCUT2D eigenvalue weighted by molar-refractivity contribution is -0.140. The highest BCUT2D eigenvalue weighted by atomic mass is 19.1. The van der Waals surface area contributed by atoms with Crippen LogP contribution in [0.3, 0.4) is 0 Å². The summed E-state index contributed by atoms with van der Waals surface area (Å²) in [6, 6.07) is 4.43. The van der Waals surface area contributed by atoms with Gasteiger partial charge in [0.15, 0.2) is 0 Å². The molecule has 3 amide bonds. The highest BCUT2D eigenvalue weighted by Gasteiger charge is 2.32. The molecule has 36 heavy (non-hydrogen) atoms. The number of carbonyl (C=O) groups is 3. The Morgan fingerprint density at radius 3 is 2.58 bits per heavy atom. The zero-order valence-electron chi connectivity index (χ0n) is 20.9. The number of benzene rings is 1. The molecule has 5 rings (SSSR count). The maximum Gasteiger partial charge on any atom is 0.253 e. The van der Waals surface area contributed by atoms with Gasteiger partial charge in [0.05, 0.1) is 31.7 Å². The number of morpholine rings is 1. The van der Waals surface area contributed by atoms with Crippen LogP contribution in [-0.2, 0) is 27.3 Å². The second-order valence-corrected chi connectivity index (χ2v) is 10.1. The predicted molar refractivity (Wildman–Crippen MR) is 132 cm³/mol. The zero-order chi connectivity index (χ0) is 25.4. The number of rotatable bonds is 5. The number of nitrogens with zero attached hydrogens (tertiary/aromatic N) is 2. The van der Waals surface area contributed by atoms with Crippen LogP contribution < -0.4 is 10.2 Å². The Morgan fingerprint density at radius 2 is 1.86 bits per heavy atom. The van der Waals surface area contributed by atoms with Gasteiger partial charge in [0, 0.05) is 42.1 Å². The van der Waals surface area contributed by atoms with Gasteiger partial charge in [-0.05, 0) is 68.9 Å². The summed E-state index contributed by atoms with van der Waals surface area (Å²) in [6.45, 7) is 6.57. The fourth-order valence-electron chi connectivity index (χ4n) is 5.78. The Kier molecular flexibility index (Phi) is 6.83. The number of aromatic amines is 1. The Bertz CT molecular complexity index is 1180. The molecule has 0 bridgehead atoms. The minimum Gasteiger partial charge on any atom is -0.378 e. The number of nitrogens with one attached hydrogen (secondary N) is 2. The van der Waals surface area contributed by atoms with Crippen LogP contribution in [0.1, 0.15) is 58.6 Å². The Balaban J connectivity index is 1.21. The van der Waals surface area contributed by atoms with E-state index in [-0.39, 0.29) is 41.9 Å². The van der Waals surface area contributed by atoms with Crippen LogP contribution in [0.4, 0.5) is 10.1 Å². The van der Waals surface area contributed by atoms with E-state index in [9.17, 15) is 18.8 Å². The molecule has 192 valence electrons. The van der Waals surface area contributed by atoms with E-state index in [4.69, 9.17) is 4.74 Å². The summed E-state index contributed by atoms with van der Waals surface area (Å²) in [5.74, 6) is -0.338. The quantitative estimate of drug-likeness (QED) is 0.666. The number of H-pyrrole nitrogens is 1. The molecule has 2 aliphatic heterocycles. The van der Waals surface area contributed by atoms with Crippen LogP contribution in [0, 0.1) is 25.6 Å². The first-order valence-electron chi connectivity index (χ1n) is 12.8. The molecule has 0 atom stereocenters. The number of hydrogen-bond acceptors (Lipinski definition) is 4. The van der Waals surface area contributed by atoms with Gasteiger partial charge in [-0.1, -0.05) is 0 Å². The summed E-state index contributed by atoms with van der Waals surface area (Å²) in [7, 11) is 0. The van der Waals surface area contributed by atoms with E-state index < -0.39 is 0 Å². The van der Waals surface area contributed by atoms with Gasteiger partial charge in [-0.25, -0.2) is 4.39 Å². The van der Waals surface area contributed by atoms with Crippen molar-refractivity contribution >= 4 is 23.4 Å². The maximum absolute atomic E-state index is 13.6. The summed E-state index contributed by atoms with van der Waals surface area (Å²) in [5.41, 5.74) is 4.35. The lowest BCUT2D eigenvalue weighted by atomic mass is 9.85. The number of fused-ring (bicyclic) bond motifs is 1. The van der Waals surface area contributed by atoms with E-state index in [0.29, 0.717) is 49.7 Å².